The van der Waals surface area contributed by atoms with E-state index >= 15 is 4.79 Å². The summed E-state index contributed by atoms with van der Waals surface area (Å²) in [5.74, 6) is -4.12. The van der Waals surface area contributed by atoms with Crippen LogP contribution >= 0.6 is 0 Å². The number of aliphatic hydroxyl groups is 4. The maximum atomic E-state index is 15.3. The molecule has 71 heavy (non-hydrogen) atoms. The van der Waals surface area contributed by atoms with Gasteiger partial charge in [-0.3, -0.25) is 24.0 Å². The van der Waals surface area contributed by atoms with Gasteiger partial charge in [0.05, 0.1) is 30.3 Å². The number of rotatable bonds is 23. The molecule has 5 fully saturated rings. The van der Waals surface area contributed by atoms with Gasteiger partial charge in [0.1, 0.15) is 30.2 Å². The number of carbonyl (C=O) groups excluding carboxylic acids is 5. The molecule has 5 saturated carbocycles. The number of carboxylic acids is 1. The first-order valence-electron chi connectivity index (χ1n) is 26.7. The first-order chi connectivity index (χ1) is 33.2. The molecular formula is C53H91N7O11. The van der Waals surface area contributed by atoms with E-state index in [1.54, 1.807) is 0 Å². The molecule has 0 radical (unpaired) electrons. The molecule has 0 heterocycles. The van der Waals surface area contributed by atoms with E-state index in [2.05, 4.69) is 74.7 Å². The van der Waals surface area contributed by atoms with E-state index < -0.39 is 84.0 Å². The van der Waals surface area contributed by atoms with Crippen LogP contribution in [0.4, 0.5) is 0 Å². The maximum absolute atomic E-state index is 15.3. The lowest BCUT2D eigenvalue weighted by molar-refractivity contribution is -0.246. The fourth-order valence-corrected chi connectivity index (χ4v) is 15.4. The molecule has 0 unspecified atom stereocenters. The standard InChI is InChI=1S/C53H91N7O11/c1-29(2)32-18-23-53(25-24-51(8)33(40(32)53)16-17-38-50(7)21-20-39(64)49(5,6)37(50)19-22-52(38,51)9)48(71)58-35(15-11-13-27-55)44(66)59-42(31(4)63)46(68)60-41(30(3)62)45(67)56-34(14-10-12-26-54)43(65)57-36(28-61)47(69)70/h30-42,61-64H,1,10-28,54-55H2,2-9H3,(H,56,67)(H,57,65)(H,58,71)(H,59,66)(H,60,68)(H,69,70)/t30-,31-,32+,33-,34+,35+,36+,37+,38-,39+,40-,41+,42+,50+,51-,52-,53+/m1/s1. The number of nitrogens with two attached hydrogens (primary N) is 2. The number of unbranched alkanes of at least 4 members (excludes halogenated alkanes) is 2. The van der Waals surface area contributed by atoms with Gasteiger partial charge in [-0.25, -0.2) is 4.79 Å². The van der Waals surface area contributed by atoms with Gasteiger partial charge in [-0.05, 0) is 188 Å². The zero-order valence-corrected chi connectivity index (χ0v) is 44.0. The largest absolute Gasteiger partial charge is 0.480 e. The third-order valence-corrected chi connectivity index (χ3v) is 19.6. The minimum atomic E-state index is -1.70. The van der Waals surface area contributed by atoms with Gasteiger partial charge in [0, 0.05) is 0 Å². The smallest absolute Gasteiger partial charge is 0.328 e. The second-order valence-corrected chi connectivity index (χ2v) is 23.9. The highest BCUT2D eigenvalue weighted by Gasteiger charge is 2.72. The Bertz CT molecular complexity index is 1950. The third-order valence-electron chi connectivity index (χ3n) is 19.6. The number of carboxylic acid groups (broad SMARTS) is 1. The van der Waals surface area contributed by atoms with E-state index in [0.717, 1.165) is 56.9 Å². The number of allylic oxidation sites excluding steroid dienone is 1. The van der Waals surface area contributed by atoms with Gasteiger partial charge in [-0.15, -0.1) is 0 Å². The second-order valence-electron chi connectivity index (χ2n) is 23.9. The van der Waals surface area contributed by atoms with Crippen LogP contribution in [0.5, 0.6) is 0 Å². The lowest BCUT2D eigenvalue weighted by Gasteiger charge is -2.72. The highest BCUT2D eigenvalue weighted by atomic mass is 16.4. The number of fused-ring (bicyclic) bond motifs is 7. The Morgan fingerprint density at radius 1 is 0.634 bits per heavy atom. The summed E-state index contributed by atoms with van der Waals surface area (Å²) in [6.07, 6.45) is 7.66. The van der Waals surface area contributed by atoms with E-state index in [4.69, 9.17) is 11.5 Å². The van der Waals surface area contributed by atoms with Crippen molar-refractivity contribution < 1.29 is 54.3 Å². The second kappa shape index (κ2) is 23.3. The number of hydrogen-bond donors (Lipinski definition) is 12. The van der Waals surface area contributed by atoms with Crippen molar-refractivity contribution in [2.24, 2.45) is 68.1 Å². The molecule has 5 aliphatic rings. The minimum Gasteiger partial charge on any atom is -0.480 e. The number of hydrogen-bond acceptors (Lipinski definition) is 12. The number of nitrogens with one attached hydrogen (secondary N) is 5. The lowest BCUT2D eigenvalue weighted by Crippen LogP contribution is -2.67. The number of amides is 5. The Labute approximate surface area is 421 Å². The lowest BCUT2D eigenvalue weighted by atomic mass is 9.32. The Hall–Kier alpha value is -3.68. The van der Waals surface area contributed by atoms with E-state index in [-0.39, 0.29) is 70.8 Å². The topological polar surface area (TPSA) is 316 Å². The third kappa shape index (κ3) is 11.4. The van der Waals surface area contributed by atoms with Crippen molar-refractivity contribution in [3.05, 3.63) is 12.2 Å². The summed E-state index contributed by atoms with van der Waals surface area (Å²) in [6.45, 7) is 20.8. The number of aliphatic hydroxyl groups excluding tert-OH is 4. The summed E-state index contributed by atoms with van der Waals surface area (Å²) in [5.41, 5.74) is 11.7. The molecule has 0 spiro atoms. The predicted molar refractivity (Wildman–Crippen MR) is 269 cm³/mol. The van der Waals surface area contributed by atoms with Crippen LogP contribution in [0.15, 0.2) is 12.2 Å². The molecule has 0 saturated heterocycles. The molecule has 0 bridgehead atoms. The van der Waals surface area contributed by atoms with Crippen LogP contribution in [0.3, 0.4) is 0 Å². The van der Waals surface area contributed by atoms with Crippen LogP contribution in [0.2, 0.25) is 0 Å². The minimum absolute atomic E-state index is 0.00132. The molecule has 0 aromatic carbocycles. The van der Waals surface area contributed by atoms with Crippen LogP contribution < -0.4 is 38.1 Å². The van der Waals surface area contributed by atoms with Gasteiger partial charge in [-0.2, -0.15) is 0 Å². The summed E-state index contributed by atoms with van der Waals surface area (Å²) in [6, 6.07) is -7.46. The van der Waals surface area contributed by atoms with Crippen molar-refractivity contribution in [2.75, 3.05) is 19.7 Å². The van der Waals surface area contributed by atoms with Crippen LogP contribution in [-0.2, 0) is 28.8 Å². The van der Waals surface area contributed by atoms with Crippen molar-refractivity contribution >= 4 is 35.5 Å². The van der Waals surface area contributed by atoms with Crippen LogP contribution in [-0.4, -0.2) is 129 Å². The van der Waals surface area contributed by atoms with Gasteiger partial charge in [0.2, 0.25) is 29.5 Å². The molecule has 404 valence electrons. The number of carbonyl (C=O) groups is 6. The predicted octanol–water partition coefficient (Wildman–Crippen LogP) is 2.53. The van der Waals surface area contributed by atoms with Gasteiger partial charge in [0.15, 0.2) is 0 Å². The quantitative estimate of drug-likeness (QED) is 0.0518. The van der Waals surface area contributed by atoms with Crippen molar-refractivity contribution in [3.63, 3.8) is 0 Å². The Balaban J connectivity index is 1.36. The van der Waals surface area contributed by atoms with Gasteiger partial charge >= 0.3 is 5.97 Å². The molecule has 14 N–H and O–H groups in total. The average molecular weight is 1000 g/mol. The van der Waals surface area contributed by atoms with Crippen molar-refractivity contribution in [1.82, 2.24) is 26.6 Å². The molecule has 0 aliphatic heterocycles. The fraction of sp³-hybridized carbons (Fsp3) is 0.849. The van der Waals surface area contributed by atoms with E-state index in [0.29, 0.717) is 56.9 Å². The maximum Gasteiger partial charge on any atom is 0.328 e. The van der Waals surface area contributed by atoms with Gasteiger partial charge in [0.25, 0.3) is 0 Å². The molecule has 18 nitrogen and oxygen atoms in total. The van der Waals surface area contributed by atoms with E-state index in [1.165, 1.54) is 13.8 Å². The average Bonchev–Trinajstić information content (AvgIpc) is 3.71. The Kier molecular flexibility index (Phi) is 19.1. The summed E-state index contributed by atoms with van der Waals surface area (Å²) in [4.78, 5) is 82.1. The van der Waals surface area contributed by atoms with E-state index in [1.807, 2.05) is 0 Å². The Morgan fingerprint density at radius 3 is 1.70 bits per heavy atom. The van der Waals surface area contributed by atoms with E-state index in [9.17, 15) is 49.5 Å². The normalized spacial score (nSPS) is 34.7. The molecule has 18 heteroatoms. The monoisotopic (exact) mass is 1000 g/mol. The highest BCUT2D eigenvalue weighted by Crippen LogP contribution is 2.77. The zero-order chi connectivity index (χ0) is 53.0. The first kappa shape index (κ1) is 58.2. The fourth-order valence-electron chi connectivity index (χ4n) is 15.4. The molecule has 17 atom stereocenters. The van der Waals surface area contributed by atoms with Crippen molar-refractivity contribution in [3.8, 4) is 0 Å². The molecular weight excluding hydrogens is 911 g/mol. The zero-order valence-electron chi connectivity index (χ0n) is 44.0. The summed E-state index contributed by atoms with van der Waals surface area (Å²) >= 11 is 0. The Morgan fingerprint density at radius 2 is 1.17 bits per heavy atom. The highest BCUT2D eigenvalue weighted by molar-refractivity contribution is 5.97. The van der Waals surface area contributed by atoms with Crippen LogP contribution in [0.25, 0.3) is 0 Å². The van der Waals surface area contributed by atoms with Gasteiger partial charge < -0.3 is 63.6 Å². The molecule has 5 aliphatic carbocycles. The van der Waals surface area contributed by atoms with Crippen molar-refractivity contribution in [1.29, 1.82) is 0 Å². The number of aliphatic carboxylic acids is 1. The molecule has 5 rings (SSSR count). The van der Waals surface area contributed by atoms with Crippen LogP contribution in [0.1, 0.15) is 158 Å². The molecule has 0 aromatic rings. The van der Waals surface area contributed by atoms with Crippen molar-refractivity contribution in [2.45, 2.75) is 207 Å². The summed E-state index contributed by atoms with van der Waals surface area (Å²) < 4.78 is 0. The SMILES string of the molecule is C=C(C)[C@@H]1CC[C@]2(C(=O)N[C@@H](CCCCN)C(=O)N[C@H](C(=O)N[C@H](C(=O)N[C@@H](CCCCN)C(=O)N[C@@H](CO)C(=O)O)[C@@H](C)O)[C@@H](C)O)CC[C@]3(C)[C@H](CC[C@@H]4[C@@]5(C)CC[C@H](O)C(C)(C)[C@@H]5CC[C@]43C)[C@@H]12. The molecule has 5 amide bonds. The first-order valence-corrected chi connectivity index (χ1v) is 26.7. The molecule has 0 aromatic heterocycles. The van der Waals surface area contributed by atoms with Crippen LogP contribution in [0, 0.1) is 56.7 Å². The van der Waals surface area contributed by atoms with Gasteiger partial charge in [-0.1, -0.05) is 46.8 Å². The summed E-state index contributed by atoms with van der Waals surface area (Å²) in [5, 5.41) is 64.6. The summed E-state index contributed by atoms with van der Waals surface area (Å²) in [7, 11) is 0.